The molecule has 4 rings (SSSR count). The number of aliphatic carboxylic acids is 2. The van der Waals surface area contributed by atoms with Gasteiger partial charge in [0.05, 0.1) is 23.9 Å². The van der Waals surface area contributed by atoms with Crippen LogP contribution < -0.4 is 5.32 Å². The molecule has 32 heavy (non-hydrogen) atoms. The van der Waals surface area contributed by atoms with Crippen molar-refractivity contribution in [1.29, 1.82) is 0 Å². The number of nitrogens with one attached hydrogen (secondary N) is 1. The molecule has 1 aliphatic rings. The molecule has 1 fully saturated rings. The van der Waals surface area contributed by atoms with Crippen molar-refractivity contribution in [2.24, 2.45) is 5.92 Å². The first-order valence-electron chi connectivity index (χ1n) is 10.2. The van der Waals surface area contributed by atoms with Gasteiger partial charge in [-0.1, -0.05) is 18.2 Å². The summed E-state index contributed by atoms with van der Waals surface area (Å²) in [6.07, 6.45) is 5.82. The first-order valence-corrected chi connectivity index (χ1v) is 10.2. The third-order valence-corrected chi connectivity index (χ3v) is 5.17. The Morgan fingerprint density at radius 2 is 1.66 bits per heavy atom. The summed E-state index contributed by atoms with van der Waals surface area (Å²) in [7, 11) is 0. The van der Waals surface area contributed by atoms with Crippen molar-refractivity contribution in [1.82, 2.24) is 19.4 Å². The van der Waals surface area contributed by atoms with E-state index in [1.165, 1.54) is 5.52 Å². The Balaban J connectivity index is 0.000000427. The number of para-hydroxylation sites is 2. The number of carbonyl (C=O) groups excluding carboxylic acids is 1. The largest absolute Gasteiger partial charge is 0.473 e. The highest BCUT2D eigenvalue weighted by Gasteiger charge is 2.21. The van der Waals surface area contributed by atoms with Crippen molar-refractivity contribution in [3.8, 4) is 0 Å². The molecule has 1 amide bonds. The zero-order chi connectivity index (χ0) is 22.9. The van der Waals surface area contributed by atoms with E-state index in [9.17, 15) is 4.79 Å². The molecule has 0 radical (unpaired) electrons. The Morgan fingerprint density at radius 3 is 2.31 bits per heavy atom. The minimum absolute atomic E-state index is 0.00255. The monoisotopic (exact) mass is 439 g/mol. The summed E-state index contributed by atoms with van der Waals surface area (Å²) < 4.78 is 2.25. The maximum atomic E-state index is 12.2. The Bertz CT molecular complexity index is 1050. The van der Waals surface area contributed by atoms with Gasteiger partial charge in [-0.25, -0.2) is 19.6 Å². The molecular weight excluding hydrogens is 414 g/mol. The maximum absolute atomic E-state index is 12.2. The smallest absolute Gasteiger partial charge is 0.414 e. The van der Waals surface area contributed by atoms with Gasteiger partial charge in [0.15, 0.2) is 0 Å². The molecule has 1 aliphatic heterocycles. The van der Waals surface area contributed by atoms with Crippen molar-refractivity contribution in [2.75, 3.05) is 25.0 Å². The van der Waals surface area contributed by atoms with Crippen LogP contribution in [0, 0.1) is 5.92 Å². The quantitative estimate of drug-likeness (QED) is 0.513. The summed E-state index contributed by atoms with van der Waals surface area (Å²) in [5.74, 6) is -2.41. The number of likely N-dealkylation sites (tertiary alicyclic amines) is 1. The highest BCUT2D eigenvalue weighted by atomic mass is 16.4. The van der Waals surface area contributed by atoms with Gasteiger partial charge in [0, 0.05) is 12.7 Å². The van der Waals surface area contributed by atoms with E-state index in [2.05, 4.69) is 43.0 Å². The zero-order valence-corrected chi connectivity index (χ0v) is 17.4. The number of fused-ring (bicyclic) bond motifs is 1. The molecule has 1 aromatic carbocycles. The van der Waals surface area contributed by atoms with Crippen LogP contribution >= 0.6 is 0 Å². The summed E-state index contributed by atoms with van der Waals surface area (Å²) in [5.41, 5.74) is 2.25. The number of hydrogen-bond donors (Lipinski definition) is 3. The number of nitrogens with zero attached hydrogens (tertiary/aromatic N) is 4. The lowest BCUT2D eigenvalue weighted by molar-refractivity contribution is -0.159. The average molecular weight is 439 g/mol. The highest BCUT2D eigenvalue weighted by Crippen LogP contribution is 2.21. The summed E-state index contributed by atoms with van der Waals surface area (Å²) >= 11 is 0. The van der Waals surface area contributed by atoms with Crippen molar-refractivity contribution < 1.29 is 24.6 Å². The van der Waals surface area contributed by atoms with Gasteiger partial charge in [-0.15, -0.1) is 0 Å². The fourth-order valence-electron chi connectivity index (χ4n) is 3.58. The molecule has 0 unspecified atom stereocenters. The zero-order valence-electron chi connectivity index (χ0n) is 17.4. The van der Waals surface area contributed by atoms with Crippen LogP contribution in [0.15, 0.2) is 55.0 Å². The lowest BCUT2D eigenvalue weighted by Crippen LogP contribution is -2.40. The van der Waals surface area contributed by atoms with E-state index in [0.717, 1.165) is 38.0 Å². The average Bonchev–Trinajstić information content (AvgIpc) is 3.19. The molecule has 0 bridgehead atoms. The third kappa shape index (κ3) is 6.61. The number of pyridine rings is 1. The van der Waals surface area contributed by atoms with Gasteiger partial charge in [-0.2, -0.15) is 0 Å². The van der Waals surface area contributed by atoms with Crippen LogP contribution in [0.5, 0.6) is 0 Å². The third-order valence-electron chi connectivity index (χ3n) is 5.17. The predicted octanol–water partition coefficient (Wildman–Crippen LogP) is 1.94. The van der Waals surface area contributed by atoms with Crippen molar-refractivity contribution in [2.45, 2.75) is 19.4 Å². The molecule has 0 atom stereocenters. The van der Waals surface area contributed by atoms with Crippen LogP contribution in [-0.4, -0.2) is 67.1 Å². The number of aromatic nitrogens is 3. The number of carboxylic acids is 2. The molecule has 3 N–H and O–H groups in total. The first kappa shape index (κ1) is 22.9. The Kier molecular flexibility index (Phi) is 7.87. The number of benzene rings is 1. The lowest BCUT2D eigenvalue weighted by Gasteiger charge is -2.31. The highest BCUT2D eigenvalue weighted by molar-refractivity contribution is 6.27. The number of rotatable bonds is 5. The van der Waals surface area contributed by atoms with E-state index in [4.69, 9.17) is 19.8 Å². The fourth-order valence-corrected chi connectivity index (χ4v) is 3.58. The van der Waals surface area contributed by atoms with Gasteiger partial charge >= 0.3 is 11.9 Å². The number of carbonyl (C=O) groups is 3. The molecular formula is C22H25N5O5. The van der Waals surface area contributed by atoms with Gasteiger partial charge in [0.2, 0.25) is 5.91 Å². The molecule has 10 nitrogen and oxygen atoms in total. The van der Waals surface area contributed by atoms with Crippen LogP contribution in [0.25, 0.3) is 11.0 Å². The van der Waals surface area contributed by atoms with E-state index in [1.807, 2.05) is 24.5 Å². The molecule has 3 heterocycles. The first-order chi connectivity index (χ1) is 15.4. The number of anilines is 1. The Morgan fingerprint density at radius 1 is 0.969 bits per heavy atom. The number of amides is 1. The summed E-state index contributed by atoms with van der Waals surface area (Å²) in [6, 6.07) is 13.8. The lowest BCUT2D eigenvalue weighted by atomic mass is 9.96. The van der Waals surface area contributed by atoms with Gasteiger partial charge < -0.3 is 20.1 Å². The second kappa shape index (κ2) is 11.0. The number of imidazole rings is 1. The van der Waals surface area contributed by atoms with Gasteiger partial charge in [0.1, 0.15) is 5.82 Å². The van der Waals surface area contributed by atoms with Crippen molar-refractivity contribution in [3.63, 3.8) is 0 Å². The summed E-state index contributed by atoms with van der Waals surface area (Å²) in [6.45, 7) is 3.33. The molecule has 0 saturated carbocycles. The van der Waals surface area contributed by atoms with Crippen LogP contribution in [0.4, 0.5) is 5.82 Å². The van der Waals surface area contributed by atoms with Gasteiger partial charge in [-0.05, 0) is 56.1 Å². The van der Waals surface area contributed by atoms with E-state index in [-0.39, 0.29) is 5.91 Å². The second-order valence-electron chi connectivity index (χ2n) is 7.48. The number of carboxylic acid groups (broad SMARTS) is 2. The minimum Gasteiger partial charge on any atom is -0.473 e. The van der Waals surface area contributed by atoms with Gasteiger partial charge in [-0.3, -0.25) is 9.69 Å². The standard InChI is InChI=1S/C20H23N5O.C2H2O4/c26-20(23-19-7-3-4-10-21-19)14-24-11-8-16(9-12-24)13-25-15-22-17-5-1-2-6-18(17)25;3-1(4)2(5)6/h1-7,10,15-16H,8-9,11-14H2,(H,21,23,26);(H,3,4)(H,5,6). The van der Waals surface area contributed by atoms with Crippen LogP contribution in [0.2, 0.25) is 0 Å². The summed E-state index contributed by atoms with van der Waals surface area (Å²) in [5, 5.41) is 17.6. The molecule has 1 saturated heterocycles. The molecule has 10 heteroatoms. The van der Waals surface area contributed by atoms with Crippen molar-refractivity contribution >= 4 is 34.7 Å². The summed E-state index contributed by atoms with van der Waals surface area (Å²) in [4.78, 5) is 41.2. The van der Waals surface area contributed by atoms with Crippen LogP contribution in [0.3, 0.4) is 0 Å². The van der Waals surface area contributed by atoms with Crippen molar-refractivity contribution in [3.05, 3.63) is 55.0 Å². The second-order valence-corrected chi connectivity index (χ2v) is 7.48. The molecule has 2 aromatic heterocycles. The number of hydrogen-bond acceptors (Lipinski definition) is 6. The Labute approximate surface area is 184 Å². The van der Waals surface area contributed by atoms with E-state index in [0.29, 0.717) is 18.3 Å². The molecule has 0 aliphatic carbocycles. The van der Waals surface area contributed by atoms with E-state index >= 15 is 0 Å². The Hall–Kier alpha value is -3.79. The maximum Gasteiger partial charge on any atom is 0.414 e. The van der Waals surface area contributed by atoms with E-state index in [1.54, 1.807) is 12.3 Å². The van der Waals surface area contributed by atoms with Crippen LogP contribution in [-0.2, 0) is 20.9 Å². The van der Waals surface area contributed by atoms with E-state index < -0.39 is 11.9 Å². The SMILES string of the molecule is O=C(CN1CCC(Cn2cnc3ccccc32)CC1)Nc1ccccn1.O=C(O)C(=O)O. The minimum atomic E-state index is -1.82. The molecule has 3 aromatic rings. The van der Waals surface area contributed by atoms with Crippen LogP contribution in [0.1, 0.15) is 12.8 Å². The topological polar surface area (TPSA) is 138 Å². The molecule has 168 valence electrons. The predicted molar refractivity (Wildman–Crippen MR) is 117 cm³/mol. The normalized spacial score (nSPS) is 14.4. The fraction of sp³-hybridized carbons (Fsp3) is 0.318. The molecule has 0 spiro atoms. The van der Waals surface area contributed by atoms with Gasteiger partial charge in [0.25, 0.3) is 0 Å². The number of piperidine rings is 1.